The van der Waals surface area contributed by atoms with Gasteiger partial charge in [0.15, 0.2) is 0 Å². The second-order valence-electron chi connectivity index (χ2n) is 6.74. The summed E-state index contributed by atoms with van der Waals surface area (Å²) in [5.41, 5.74) is 0.0302. The van der Waals surface area contributed by atoms with Crippen LogP contribution in [0.5, 0.6) is 0 Å². The van der Waals surface area contributed by atoms with Gasteiger partial charge in [-0.15, -0.1) is 0 Å². The van der Waals surface area contributed by atoms with Crippen LogP contribution in [0.1, 0.15) is 23.1 Å². The van der Waals surface area contributed by atoms with Crippen LogP contribution in [-0.2, 0) is 18.9 Å². The average molecular weight is 427 g/mol. The molecule has 0 radical (unpaired) electrons. The Kier molecular flexibility index (Phi) is 6.50. The van der Waals surface area contributed by atoms with Crippen LogP contribution in [0.15, 0.2) is 54.7 Å². The van der Waals surface area contributed by atoms with Crippen LogP contribution in [-0.4, -0.2) is 18.1 Å². The van der Waals surface area contributed by atoms with Gasteiger partial charge < -0.3 is 10.6 Å². The summed E-state index contributed by atoms with van der Waals surface area (Å²) in [6.07, 6.45) is -6.68. The molecule has 0 aliphatic rings. The van der Waals surface area contributed by atoms with E-state index in [1.54, 1.807) is 12.1 Å². The van der Waals surface area contributed by atoms with Gasteiger partial charge >= 0.3 is 12.4 Å². The van der Waals surface area contributed by atoms with Gasteiger partial charge in [0.1, 0.15) is 0 Å². The maximum Gasteiger partial charge on any atom is 0.416 e. The van der Waals surface area contributed by atoms with Crippen molar-refractivity contribution in [2.24, 2.45) is 0 Å². The van der Waals surface area contributed by atoms with E-state index in [-0.39, 0.29) is 5.52 Å². The van der Waals surface area contributed by atoms with Gasteiger partial charge in [-0.3, -0.25) is 4.98 Å². The predicted molar refractivity (Wildman–Crippen MR) is 103 cm³/mol. The Balaban J connectivity index is 1.50. The number of benzene rings is 2. The fourth-order valence-corrected chi connectivity index (χ4v) is 3.01. The Morgan fingerprint density at radius 1 is 0.800 bits per heavy atom. The van der Waals surface area contributed by atoms with E-state index in [1.807, 2.05) is 0 Å². The van der Waals surface area contributed by atoms with Crippen molar-refractivity contribution in [3.63, 3.8) is 0 Å². The zero-order valence-electron chi connectivity index (χ0n) is 15.7. The van der Waals surface area contributed by atoms with Gasteiger partial charge in [-0.05, 0) is 42.8 Å². The van der Waals surface area contributed by atoms with E-state index in [1.165, 1.54) is 18.3 Å². The van der Waals surface area contributed by atoms with Crippen LogP contribution < -0.4 is 10.6 Å². The molecule has 9 heteroatoms. The molecule has 2 N–H and O–H groups in total. The number of hydrogen-bond donors (Lipinski definition) is 2. The zero-order valence-corrected chi connectivity index (χ0v) is 15.7. The second-order valence-corrected chi connectivity index (χ2v) is 6.74. The van der Waals surface area contributed by atoms with E-state index in [4.69, 9.17) is 0 Å². The minimum atomic E-state index is -4.43. The molecule has 3 rings (SSSR count). The van der Waals surface area contributed by atoms with Gasteiger partial charge in [0.25, 0.3) is 0 Å². The Morgan fingerprint density at radius 3 is 2.27 bits per heavy atom. The number of rotatable bonds is 7. The maximum atomic E-state index is 12.8. The lowest BCUT2D eigenvalue weighted by atomic mass is 10.1. The SMILES string of the molecule is FC(F)(F)c1cccc(CNCCCNc2ccnc3cc(C(F)(F)F)ccc23)c1. The van der Waals surface area contributed by atoms with E-state index in [0.717, 1.165) is 24.3 Å². The third kappa shape index (κ3) is 5.63. The molecule has 0 amide bonds. The number of pyridine rings is 1. The van der Waals surface area contributed by atoms with Crippen molar-refractivity contribution < 1.29 is 26.3 Å². The summed E-state index contributed by atoms with van der Waals surface area (Å²) in [4.78, 5) is 4.00. The minimum Gasteiger partial charge on any atom is -0.384 e. The molecule has 0 saturated carbocycles. The Hall–Kier alpha value is -2.81. The lowest BCUT2D eigenvalue weighted by Gasteiger charge is -2.12. The highest BCUT2D eigenvalue weighted by Crippen LogP contribution is 2.32. The van der Waals surface area contributed by atoms with Gasteiger partial charge in [0, 0.05) is 30.4 Å². The van der Waals surface area contributed by atoms with Crippen LogP contribution in [0, 0.1) is 0 Å². The molecule has 1 aromatic heterocycles. The summed E-state index contributed by atoms with van der Waals surface area (Å²) in [5, 5.41) is 6.83. The van der Waals surface area contributed by atoms with Crippen molar-refractivity contribution in [1.82, 2.24) is 10.3 Å². The molecule has 0 aliphatic carbocycles. The number of fused-ring (bicyclic) bond motifs is 1. The fraction of sp³-hybridized carbons (Fsp3) is 0.286. The first kappa shape index (κ1) is 21.9. The van der Waals surface area contributed by atoms with E-state index in [9.17, 15) is 26.3 Å². The van der Waals surface area contributed by atoms with Crippen LogP contribution >= 0.6 is 0 Å². The summed E-state index contributed by atoms with van der Waals surface area (Å²) < 4.78 is 76.7. The highest BCUT2D eigenvalue weighted by atomic mass is 19.4. The zero-order chi connectivity index (χ0) is 21.8. The molecule has 0 atom stereocenters. The number of alkyl halides is 6. The first-order chi connectivity index (χ1) is 14.1. The van der Waals surface area contributed by atoms with Crippen molar-refractivity contribution in [1.29, 1.82) is 0 Å². The van der Waals surface area contributed by atoms with Crippen molar-refractivity contribution in [2.75, 3.05) is 18.4 Å². The molecule has 0 saturated heterocycles. The number of nitrogens with zero attached hydrogens (tertiary/aromatic N) is 1. The standard InChI is InChI=1S/C21H19F6N3/c22-20(23,24)15-4-1-3-14(11-15)13-28-8-2-9-29-18-7-10-30-19-12-16(21(25,26)27)5-6-17(18)19/h1,3-7,10-12,28H,2,8-9,13H2,(H,29,30). The lowest BCUT2D eigenvalue weighted by Crippen LogP contribution is -2.18. The van der Waals surface area contributed by atoms with Crippen LogP contribution in [0.3, 0.4) is 0 Å². The quantitative estimate of drug-likeness (QED) is 0.366. The first-order valence-electron chi connectivity index (χ1n) is 9.21. The Labute approximate surface area is 169 Å². The second kappa shape index (κ2) is 8.91. The smallest absolute Gasteiger partial charge is 0.384 e. The molecular formula is C21H19F6N3. The number of halogens is 6. The van der Waals surface area contributed by atoms with Crippen molar-refractivity contribution in [3.8, 4) is 0 Å². The van der Waals surface area contributed by atoms with Gasteiger partial charge in [-0.1, -0.05) is 24.3 Å². The number of aromatic nitrogens is 1. The van der Waals surface area contributed by atoms with Gasteiger partial charge in [-0.2, -0.15) is 26.3 Å². The Bertz CT molecular complexity index is 998. The van der Waals surface area contributed by atoms with Gasteiger partial charge in [0.05, 0.1) is 16.6 Å². The normalized spacial score (nSPS) is 12.3. The highest BCUT2D eigenvalue weighted by Gasteiger charge is 2.31. The first-order valence-corrected chi connectivity index (χ1v) is 9.21. The maximum absolute atomic E-state index is 12.8. The molecule has 0 fully saturated rings. The number of nitrogens with one attached hydrogen (secondary N) is 2. The lowest BCUT2D eigenvalue weighted by molar-refractivity contribution is -0.138. The molecule has 1 heterocycles. The van der Waals surface area contributed by atoms with Crippen molar-refractivity contribution >= 4 is 16.6 Å². The molecule has 0 bridgehead atoms. The molecule has 3 nitrogen and oxygen atoms in total. The summed E-state index contributed by atoms with van der Waals surface area (Å²) >= 11 is 0. The van der Waals surface area contributed by atoms with Crippen LogP contribution in [0.25, 0.3) is 10.9 Å². The third-order valence-electron chi connectivity index (χ3n) is 4.50. The molecule has 0 aliphatic heterocycles. The van der Waals surface area contributed by atoms with Crippen molar-refractivity contribution in [2.45, 2.75) is 25.3 Å². The summed E-state index contributed by atoms with van der Waals surface area (Å²) in [5.74, 6) is 0. The summed E-state index contributed by atoms with van der Waals surface area (Å²) in [6, 6.07) is 10.3. The van der Waals surface area contributed by atoms with E-state index >= 15 is 0 Å². The third-order valence-corrected chi connectivity index (χ3v) is 4.50. The fourth-order valence-electron chi connectivity index (χ4n) is 3.01. The number of anilines is 1. The molecule has 160 valence electrons. The minimum absolute atomic E-state index is 0.248. The van der Waals surface area contributed by atoms with Crippen LogP contribution in [0.2, 0.25) is 0 Å². The van der Waals surface area contributed by atoms with Crippen molar-refractivity contribution in [3.05, 3.63) is 71.4 Å². The monoisotopic (exact) mass is 427 g/mol. The summed E-state index contributed by atoms with van der Waals surface area (Å²) in [7, 11) is 0. The topological polar surface area (TPSA) is 37.0 Å². The van der Waals surface area contributed by atoms with E-state index in [0.29, 0.717) is 42.7 Å². The van der Waals surface area contributed by atoms with Gasteiger partial charge in [-0.25, -0.2) is 0 Å². The van der Waals surface area contributed by atoms with E-state index < -0.39 is 23.5 Å². The molecule has 0 unspecified atom stereocenters. The summed E-state index contributed by atoms with van der Waals surface area (Å²) in [6.45, 7) is 1.41. The van der Waals surface area contributed by atoms with Crippen LogP contribution in [0.4, 0.5) is 32.0 Å². The molecule has 0 spiro atoms. The molecule has 2 aromatic carbocycles. The number of hydrogen-bond acceptors (Lipinski definition) is 3. The Morgan fingerprint density at radius 2 is 1.53 bits per heavy atom. The molecule has 30 heavy (non-hydrogen) atoms. The predicted octanol–water partition coefficient (Wildman–Crippen LogP) is 5.86. The molecular weight excluding hydrogens is 408 g/mol. The highest BCUT2D eigenvalue weighted by molar-refractivity contribution is 5.91. The van der Waals surface area contributed by atoms with E-state index in [2.05, 4.69) is 15.6 Å². The average Bonchev–Trinajstić information content (AvgIpc) is 2.69. The largest absolute Gasteiger partial charge is 0.416 e. The molecule has 3 aromatic rings. The van der Waals surface area contributed by atoms with Gasteiger partial charge in [0.2, 0.25) is 0 Å².